The van der Waals surface area contributed by atoms with Crippen LogP contribution in [0, 0.1) is 18.3 Å². The van der Waals surface area contributed by atoms with Crippen LogP contribution in [0.4, 0.5) is 0 Å². The topological polar surface area (TPSA) is 41.6 Å². The smallest absolute Gasteiger partial charge is 0.0846 e. The lowest BCUT2D eigenvalue weighted by molar-refractivity contribution is 0.863. The highest BCUT2D eigenvalue weighted by Gasteiger charge is 2.09. The summed E-state index contributed by atoms with van der Waals surface area (Å²) in [5.41, 5.74) is 2.43. The second-order valence-corrected chi connectivity index (χ2v) is 4.46. The Morgan fingerprint density at radius 3 is 2.88 bits per heavy atom. The molecule has 3 nitrogen and oxygen atoms in total. The first kappa shape index (κ1) is 12.0. The number of benzene rings is 1. The molecule has 0 bridgehead atoms. The highest BCUT2D eigenvalue weighted by atomic mass is 35.5. The Balaban J connectivity index is 2.50. The molecule has 0 saturated heterocycles. The van der Waals surface area contributed by atoms with Gasteiger partial charge in [-0.3, -0.25) is 0 Å². The molecule has 0 atom stereocenters. The Morgan fingerprint density at radius 1 is 1.41 bits per heavy atom. The zero-order chi connectivity index (χ0) is 12.4. The lowest BCUT2D eigenvalue weighted by Crippen LogP contribution is -1.95. The summed E-state index contributed by atoms with van der Waals surface area (Å²) in [4.78, 5) is 0. The minimum Gasteiger partial charge on any atom is -0.239 e. The van der Waals surface area contributed by atoms with E-state index in [0.717, 1.165) is 11.3 Å². The molecule has 0 aliphatic rings. The molecule has 0 unspecified atom stereocenters. The van der Waals surface area contributed by atoms with Crippen LogP contribution in [0.1, 0.15) is 11.3 Å². The Labute approximate surface area is 109 Å². The van der Waals surface area contributed by atoms with E-state index in [0.29, 0.717) is 22.2 Å². The van der Waals surface area contributed by atoms with Crippen molar-refractivity contribution in [2.75, 3.05) is 0 Å². The van der Waals surface area contributed by atoms with Gasteiger partial charge < -0.3 is 0 Å². The summed E-state index contributed by atoms with van der Waals surface area (Å²) in [6.45, 7) is 1.86. The zero-order valence-electron chi connectivity index (χ0n) is 9.11. The normalized spacial score (nSPS) is 10.2. The lowest BCUT2D eigenvalue weighted by atomic mass is 10.2. The lowest BCUT2D eigenvalue weighted by Gasteiger charge is -2.04. The number of rotatable bonds is 2. The van der Waals surface area contributed by atoms with Crippen molar-refractivity contribution in [2.24, 2.45) is 0 Å². The predicted octanol–water partition coefficient (Wildman–Crippen LogP) is 3.55. The van der Waals surface area contributed by atoms with Gasteiger partial charge in [0.2, 0.25) is 0 Å². The van der Waals surface area contributed by atoms with Crippen molar-refractivity contribution in [3.63, 3.8) is 0 Å². The molecular formula is C12H9Cl2N3. The Morgan fingerprint density at radius 2 is 2.18 bits per heavy atom. The van der Waals surface area contributed by atoms with E-state index in [1.165, 1.54) is 0 Å². The van der Waals surface area contributed by atoms with Gasteiger partial charge in [0.1, 0.15) is 0 Å². The van der Waals surface area contributed by atoms with Gasteiger partial charge in [-0.15, -0.1) is 0 Å². The monoisotopic (exact) mass is 265 g/mol. The molecule has 0 amide bonds. The molecule has 1 heterocycles. The number of aryl methyl sites for hydroxylation is 1. The second-order valence-electron chi connectivity index (χ2n) is 3.61. The van der Waals surface area contributed by atoms with Gasteiger partial charge in [-0.1, -0.05) is 23.2 Å². The van der Waals surface area contributed by atoms with E-state index in [2.05, 4.69) is 11.2 Å². The molecule has 2 rings (SSSR count). The van der Waals surface area contributed by atoms with Gasteiger partial charge in [0.05, 0.1) is 28.9 Å². The first-order valence-electron chi connectivity index (χ1n) is 4.99. The van der Waals surface area contributed by atoms with Crippen LogP contribution in [-0.2, 0) is 6.42 Å². The largest absolute Gasteiger partial charge is 0.239 e. The molecule has 1 aromatic heterocycles. The number of nitrogens with zero attached hydrogens (tertiary/aromatic N) is 3. The number of nitriles is 1. The standard InChI is InChI=1S/C12H9Cl2N3/c1-8-9(4-5-15)7-17(16-8)12-6-10(13)2-3-11(12)14/h2-3,6-7H,4H2,1H3. The van der Waals surface area contributed by atoms with Crippen LogP contribution in [0.3, 0.4) is 0 Å². The van der Waals surface area contributed by atoms with E-state index < -0.39 is 0 Å². The zero-order valence-corrected chi connectivity index (χ0v) is 10.6. The van der Waals surface area contributed by atoms with Crippen molar-refractivity contribution in [2.45, 2.75) is 13.3 Å². The van der Waals surface area contributed by atoms with Crippen molar-refractivity contribution in [1.29, 1.82) is 5.26 Å². The Bertz CT molecular complexity index is 596. The van der Waals surface area contributed by atoms with Gasteiger partial charge in [0.25, 0.3) is 0 Å². The molecule has 2 aromatic rings. The van der Waals surface area contributed by atoms with Crippen molar-refractivity contribution < 1.29 is 0 Å². The number of halogens is 2. The van der Waals surface area contributed by atoms with E-state index in [1.54, 1.807) is 29.1 Å². The number of hydrogen-bond acceptors (Lipinski definition) is 2. The van der Waals surface area contributed by atoms with Crippen molar-refractivity contribution in [3.8, 4) is 11.8 Å². The molecule has 17 heavy (non-hydrogen) atoms. The second kappa shape index (κ2) is 4.79. The van der Waals surface area contributed by atoms with Crippen LogP contribution in [0.2, 0.25) is 10.0 Å². The van der Waals surface area contributed by atoms with E-state index in [4.69, 9.17) is 28.5 Å². The summed E-state index contributed by atoms with van der Waals surface area (Å²) in [5.74, 6) is 0. The molecule has 1 aromatic carbocycles. The van der Waals surface area contributed by atoms with E-state index in [1.807, 2.05) is 6.92 Å². The van der Waals surface area contributed by atoms with Gasteiger partial charge in [0, 0.05) is 16.8 Å². The molecule has 0 aliphatic heterocycles. The molecule has 86 valence electrons. The maximum absolute atomic E-state index is 8.69. The van der Waals surface area contributed by atoms with Crippen LogP contribution in [-0.4, -0.2) is 9.78 Å². The van der Waals surface area contributed by atoms with Crippen molar-refractivity contribution in [3.05, 3.63) is 45.7 Å². The first-order valence-corrected chi connectivity index (χ1v) is 5.75. The average Bonchev–Trinajstić information content (AvgIpc) is 2.64. The molecule has 0 saturated carbocycles. The van der Waals surface area contributed by atoms with Gasteiger partial charge in [-0.25, -0.2) is 4.68 Å². The Kier molecular flexibility index (Phi) is 3.37. The molecule has 0 radical (unpaired) electrons. The van der Waals surface area contributed by atoms with Gasteiger partial charge in [0.15, 0.2) is 0 Å². The van der Waals surface area contributed by atoms with Crippen LogP contribution in [0.5, 0.6) is 0 Å². The van der Waals surface area contributed by atoms with Gasteiger partial charge in [-0.05, 0) is 25.1 Å². The maximum Gasteiger partial charge on any atom is 0.0846 e. The fourth-order valence-electron chi connectivity index (χ4n) is 1.54. The quantitative estimate of drug-likeness (QED) is 0.834. The SMILES string of the molecule is Cc1nn(-c2cc(Cl)ccc2Cl)cc1CC#N. The summed E-state index contributed by atoms with van der Waals surface area (Å²) in [7, 11) is 0. The number of hydrogen-bond donors (Lipinski definition) is 0. The maximum atomic E-state index is 8.69. The molecular weight excluding hydrogens is 257 g/mol. The van der Waals surface area contributed by atoms with Crippen molar-refractivity contribution in [1.82, 2.24) is 9.78 Å². The highest BCUT2D eigenvalue weighted by molar-refractivity contribution is 6.34. The van der Waals surface area contributed by atoms with Gasteiger partial charge >= 0.3 is 0 Å². The summed E-state index contributed by atoms with van der Waals surface area (Å²) in [6.07, 6.45) is 2.14. The summed E-state index contributed by atoms with van der Waals surface area (Å²) in [6, 6.07) is 7.29. The average molecular weight is 266 g/mol. The highest BCUT2D eigenvalue weighted by Crippen LogP contribution is 2.24. The molecule has 0 aliphatic carbocycles. The summed E-state index contributed by atoms with van der Waals surface area (Å²) in [5, 5.41) is 14.2. The minimum absolute atomic E-state index is 0.337. The van der Waals surface area contributed by atoms with Crippen molar-refractivity contribution >= 4 is 23.2 Å². The third kappa shape index (κ3) is 2.44. The van der Waals surface area contributed by atoms with E-state index in [9.17, 15) is 0 Å². The van der Waals surface area contributed by atoms with Crippen LogP contribution in [0.25, 0.3) is 5.69 Å². The third-order valence-electron chi connectivity index (χ3n) is 2.43. The first-order chi connectivity index (χ1) is 8.11. The van der Waals surface area contributed by atoms with Gasteiger partial charge in [-0.2, -0.15) is 10.4 Å². The van der Waals surface area contributed by atoms with Crippen LogP contribution < -0.4 is 0 Å². The summed E-state index contributed by atoms with van der Waals surface area (Å²) < 4.78 is 1.65. The number of aromatic nitrogens is 2. The molecule has 5 heteroatoms. The van der Waals surface area contributed by atoms with E-state index >= 15 is 0 Å². The van der Waals surface area contributed by atoms with E-state index in [-0.39, 0.29) is 0 Å². The fraction of sp³-hybridized carbons (Fsp3) is 0.167. The molecule has 0 N–H and O–H groups in total. The summed E-state index contributed by atoms with van der Waals surface area (Å²) >= 11 is 12.0. The molecule has 0 fully saturated rings. The minimum atomic E-state index is 0.337. The Hall–Kier alpha value is -1.50. The third-order valence-corrected chi connectivity index (χ3v) is 2.98. The predicted molar refractivity (Wildman–Crippen MR) is 67.6 cm³/mol. The molecule has 0 spiro atoms. The van der Waals surface area contributed by atoms with Crippen LogP contribution >= 0.6 is 23.2 Å². The fourth-order valence-corrected chi connectivity index (χ4v) is 1.91. The van der Waals surface area contributed by atoms with Crippen LogP contribution in [0.15, 0.2) is 24.4 Å².